The van der Waals surface area contributed by atoms with E-state index in [-0.39, 0.29) is 43.4 Å². The van der Waals surface area contributed by atoms with Crippen LogP contribution >= 0.6 is 0 Å². The van der Waals surface area contributed by atoms with Gasteiger partial charge in [-0.15, -0.1) is 0 Å². The van der Waals surface area contributed by atoms with Gasteiger partial charge in [0, 0.05) is 31.8 Å². The molecule has 0 spiro atoms. The second-order valence-electron chi connectivity index (χ2n) is 10.7. The van der Waals surface area contributed by atoms with Crippen molar-refractivity contribution in [3.63, 3.8) is 0 Å². The molecular formula is C32H41NO8. The smallest absolute Gasteiger partial charge is 0.246 e. The summed E-state index contributed by atoms with van der Waals surface area (Å²) in [5.74, 6) is -1.54. The second kappa shape index (κ2) is 15.6. The van der Waals surface area contributed by atoms with Crippen LogP contribution in [0.3, 0.4) is 0 Å². The topological polar surface area (TPSA) is 121 Å². The van der Waals surface area contributed by atoms with E-state index >= 15 is 0 Å². The van der Waals surface area contributed by atoms with Crippen LogP contribution in [-0.2, 0) is 46.2 Å². The molecule has 4 atom stereocenters. The van der Waals surface area contributed by atoms with Gasteiger partial charge in [0.05, 0.1) is 33.0 Å². The fourth-order valence-corrected chi connectivity index (χ4v) is 4.68. The zero-order valence-corrected chi connectivity index (χ0v) is 24.4. The predicted molar refractivity (Wildman–Crippen MR) is 153 cm³/mol. The molecule has 0 aromatic heterocycles. The van der Waals surface area contributed by atoms with Crippen LogP contribution in [0.25, 0.3) is 0 Å². The number of carbonyl (C=O) groups is 4. The van der Waals surface area contributed by atoms with Crippen molar-refractivity contribution in [3.8, 4) is 5.75 Å². The van der Waals surface area contributed by atoms with E-state index in [0.29, 0.717) is 31.8 Å². The lowest BCUT2D eigenvalue weighted by atomic mass is 9.80. The molecule has 9 nitrogen and oxygen atoms in total. The van der Waals surface area contributed by atoms with E-state index in [1.165, 1.54) is 7.11 Å². The number of hydrogen-bond acceptors (Lipinski definition) is 8. The summed E-state index contributed by atoms with van der Waals surface area (Å²) >= 11 is 0. The standard InChI is InChI=1S/C32H41NO8/c1-22(33-30(36)20-40-15-14-38-3)28(34)18-25(16-24-10-12-27(39-4)13-11-24)29(35)19-26(31(37)32(2)21-41-32)17-23-8-6-5-7-9-23/h5-13,22,25-26H,14-21H2,1-4H3,(H,33,36)/t22-,25+,26+,32+/m0/s1. The molecule has 41 heavy (non-hydrogen) atoms. The first-order valence-electron chi connectivity index (χ1n) is 13.9. The Hall–Kier alpha value is -3.40. The fourth-order valence-electron chi connectivity index (χ4n) is 4.68. The first kappa shape index (κ1) is 32.1. The number of rotatable bonds is 19. The van der Waals surface area contributed by atoms with E-state index < -0.39 is 29.4 Å². The Bertz CT molecular complexity index is 1160. The highest BCUT2D eigenvalue weighted by Gasteiger charge is 2.50. The maximum absolute atomic E-state index is 13.8. The van der Waals surface area contributed by atoms with Crippen LogP contribution < -0.4 is 10.1 Å². The number of epoxide rings is 1. The SMILES string of the molecule is COCCOCC(=O)N[C@@H](C)C(=O)C[C@@H](Cc1ccc(OC)cc1)C(=O)C[C@@H](Cc1ccccc1)C(=O)[C@@]1(C)CO1. The molecular weight excluding hydrogens is 526 g/mol. The Balaban J connectivity index is 1.73. The molecule has 1 N–H and O–H groups in total. The van der Waals surface area contributed by atoms with E-state index in [1.54, 1.807) is 33.1 Å². The summed E-state index contributed by atoms with van der Waals surface area (Å²) in [6.07, 6.45) is 0.643. The number of ketones is 3. The molecule has 1 aliphatic rings. The van der Waals surface area contributed by atoms with Crippen LogP contribution in [0.15, 0.2) is 54.6 Å². The zero-order valence-electron chi connectivity index (χ0n) is 24.4. The lowest BCUT2D eigenvalue weighted by molar-refractivity contribution is -0.134. The van der Waals surface area contributed by atoms with Crippen molar-refractivity contribution in [2.45, 2.75) is 51.2 Å². The largest absolute Gasteiger partial charge is 0.497 e. The summed E-state index contributed by atoms with van der Waals surface area (Å²) < 4.78 is 20.8. The van der Waals surface area contributed by atoms with Crippen molar-refractivity contribution >= 4 is 23.3 Å². The van der Waals surface area contributed by atoms with Gasteiger partial charge in [-0.25, -0.2) is 0 Å². The number of amides is 1. The zero-order chi connectivity index (χ0) is 29.8. The van der Waals surface area contributed by atoms with Gasteiger partial charge in [-0.05, 0) is 49.9 Å². The Kier molecular flexibility index (Phi) is 12.2. The van der Waals surface area contributed by atoms with Gasteiger partial charge in [0.2, 0.25) is 5.91 Å². The quantitative estimate of drug-likeness (QED) is 0.203. The van der Waals surface area contributed by atoms with Crippen molar-refractivity contribution in [1.82, 2.24) is 5.32 Å². The minimum absolute atomic E-state index is 0.00510. The summed E-state index contributed by atoms with van der Waals surface area (Å²) in [4.78, 5) is 52.6. The molecule has 2 aromatic carbocycles. The van der Waals surface area contributed by atoms with Gasteiger partial charge in [-0.1, -0.05) is 42.5 Å². The third kappa shape index (κ3) is 10.2. The Morgan fingerprint density at radius 1 is 0.878 bits per heavy atom. The highest BCUT2D eigenvalue weighted by atomic mass is 16.6. The van der Waals surface area contributed by atoms with E-state index in [4.69, 9.17) is 18.9 Å². The van der Waals surface area contributed by atoms with Crippen molar-refractivity contribution < 1.29 is 38.1 Å². The third-order valence-corrected chi connectivity index (χ3v) is 7.31. The van der Waals surface area contributed by atoms with E-state index in [9.17, 15) is 19.2 Å². The van der Waals surface area contributed by atoms with Crippen LogP contribution in [0, 0.1) is 11.8 Å². The van der Waals surface area contributed by atoms with E-state index in [1.807, 2.05) is 42.5 Å². The molecule has 0 saturated carbocycles. The second-order valence-corrected chi connectivity index (χ2v) is 10.7. The molecule has 0 radical (unpaired) electrons. The number of benzene rings is 2. The monoisotopic (exact) mass is 567 g/mol. The average Bonchev–Trinajstić information content (AvgIpc) is 3.73. The molecule has 3 rings (SSSR count). The van der Waals surface area contributed by atoms with Gasteiger partial charge >= 0.3 is 0 Å². The maximum Gasteiger partial charge on any atom is 0.246 e. The molecule has 2 aromatic rings. The number of hydrogen-bond donors (Lipinski definition) is 1. The molecule has 1 heterocycles. The van der Waals surface area contributed by atoms with Gasteiger partial charge in [0.1, 0.15) is 23.7 Å². The Morgan fingerprint density at radius 3 is 2.10 bits per heavy atom. The molecule has 1 saturated heterocycles. The lowest BCUT2D eigenvalue weighted by Crippen LogP contribution is -2.42. The lowest BCUT2D eigenvalue weighted by Gasteiger charge is -2.22. The van der Waals surface area contributed by atoms with Gasteiger partial charge in [-0.3, -0.25) is 19.2 Å². The molecule has 1 aliphatic heterocycles. The summed E-state index contributed by atoms with van der Waals surface area (Å²) in [6.45, 7) is 4.11. The van der Waals surface area contributed by atoms with Crippen LogP contribution in [0.4, 0.5) is 0 Å². The van der Waals surface area contributed by atoms with Gasteiger partial charge in [0.15, 0.2) is 11.6 Å². The van der Waals surface area contributed by atoms with Crippen molar-refractivity contribution in [2.75, 3.05) is 40.6 Å². The predicted octanol–water partition coefficient (Wildman–Crippen LogP) is 3.16. The summed E-state index contributed by atoms with van der Waals surface area (Å²) in [7, 11) is 3.11. The summed E-state index contributed by atoms with van der Waals surface area (Å²) in [6, 6.07) is 16.1. The average molecular weight is 568 g/mol. The minimum Gasteiger partial charge on any atom is -0.497 e. The van der Waals surface area contributed by atoms with E-state index in [0.717, 1.165) is 11.1 Å². The third-order valence-electron chi connectivity index (χ3n) is 7.31. The minimum atomic E-state index is -0.870. The van der Waals surface area contributed by atoms with Gasteiger partial charge in [0.25, 0.3) is 0 Å². The number of carbonyl (C=O) groups excluding carboxylic acids is 4. The van der Waals surface area contributed by atoms with Crippen molar-refractivity contribution in [1.29, 1.82) is 0 Å². The Morgan fingerprint density at radius 2 is 1.49 bits per heavy atom. The summed E-state index contributed by atoms with van der Waals surface area (Å²) in [5.41, 5.74) is 0.948. The first-order chi connectivity index (χ1) is 19.6. The molecule has 1 amide bonds. The number of methoxy groups -OCH3 is 2. The summed E-state index contributed by atoms with van der Waals surface area (Å²) in [5, 5.41) is 2.65. The molecule has 1 fully saturated rings. The van der Waals surface area contributed by atoms with Crippen LogP contribution in [0.5, 0.6) is 5.75 Å². The van der Waals surface area contributed by atoms with Crippen LogP contribution in [0.2, 0.25) is 0 Å². The van der Waals surface area contributed by atoms with Gasteiger partial charge < -0.3 is 24.3 Å². The molecule has 222 valence electrons. The maximum atomic E-state index is 13.8. The molecule has 0 unspecified atom stereocenters. The normalized spacial score (nSPS) is 18.1. The first-order valence-corrected chi connectivity index (χ1v) is 13.9. The van der Waals surface area contributed by atoms with Crippen molar-refractivity contribution in [2.24, 2.45) is 11.8 Å². The van der Waals surface area contributed by atoms with Crippen LogP contribution in [0.1, 0.15) is 37.8 Å². The molecule has 0 bridgehead atoms. The highest BCUT2D eigenvalue weighted by molar-refractivity contribution is 5.97. The number of ether oxygens (including phenoxy) is 4. The molecule has 9 heteroatoms. The Labute approximate surface area is 241 Å². The molecule has 0 aliphatic carbocycles. The van der Waals surface area contributed by atoms with Gasteiger partial charge in [-0.2, -0.15) is 0 Å². The highest BCUT2D eigenvalue weighted by Crippen LogP contribution is 2.33. The number of Topliss-reactive ketones (excluding diaryl/α,β-unsaturated/α-hetero) is 3. The van der Waals surface area contributed by atoms with E-state index in [2.05, 4.69) is 5.32 Å². The number of nitrogens with one attached hydrogen (secondary N) is 1. The van der Waals surface area contributed by atoms with Crippen molar-refractivity contribution in [3.05, 3.63) is 65.7 Å². The van der Waals surface area contributed by atoms with Crippen LogP contribution in [-0.4, -0.2) is 75.5 Å². The fraction of sp³-hybridized carbons (Fsp3) is 0.500.